The number of nitrogens with one attached hydrogen (secondary N) is 1. The first-order valence-corrected chi connectivity index (χ1v) is 7.59. The zero-order chi connectivity index (χ0) is 15.2. The van der Waals surface area contributed by atoms with Gasteiger partial charge in [-0.3, -0.25) is 4.79 Å². The maximum absolute atomic E-state index is 12.2. The first kappa shape index (κ1) is 16.0. The van der Waals surface area contributed by atoms with Crippen molar-refractivity contribution >= 4 is 5.91 Å². The second-order valence-corrected chi connectivity index (χ2v) is 5.97. The topological polar surface area (TPSA) is 47.6 Å². The molecule has 0 radical (unpaired) electrons. The van der Waals surface area contributed by atoms with Crippen molar-refractivity contribution in [1.82, 2.24) is 5.32 Å². The summed E-state index contributed by atoms with van der Waals surface area (Å²) in [6.07, 6.45) is 1.28. The average molecular weight is 291 g/mol. The van der Waals surface area contributed by atoms with Crippen LogP contribution in [0.5, 0.6) is 0 Å². The van der Waals surface area contributed by atoms with Gasteiger partial charge in [0.05, 0.1) is 12.7 Å². The molecule has 1 aliphatic heterocycles. The Morgan fingerprint density at radius 2 is 2.29 bits per heavy atom. The Labute approximate surface area is 126 Å². The zero-order valence-electron chi connectivity index (χ0n) is 13.1. The van der Waals surface area contributed by atoms with Gasteiger partial charge >= 0.3 is 0 Å². The summed E-state index contributed by atoms with van der Waals surface area (Å²) in [5, 5.41) is 3.04. The number of hydrogen-bond donors (Lipinski definition) is 1. The molecule has 1 fully saturated rings. The highest BCUT2D eigenvalue weighted by molar-refractivity contribution is 5.94. The van der Waals surface area contributed by atoms with E-state index in [1.165, 1.54) is 0 Å². The van der Waals surface area contributed by atoms with E-state index in [4.69, 9.17) is 9.47 Å². The lowest BCUT2D eigenvalue weighted by molar-refractivity contribution is 0.0533. The minimum absolute atomic E-state index is 0.0256. The second-order valence-electron chi connectivity index (χ2n) is 5.97. The van der Waals surface area contributed by atoms with Gasteiger partial charge in [-0.2, -0.15) is 0 Å². The van der Waals surface area contributed by atoms with E-state index in [-0.39, 0.29) is 12.0 Å². The highest BCUT2D eigenvalue weighted by Gasteiger charge is 2.30. The monoisotopic (exact) mass is 291 g/mol. The van der Waals surface area contributed by atoms with Gasteiger partial charge in [0.2, 0.25) is 0 Å². The van der Waals surface area contributed by atoms with Crippen molar-refractivity contribution in [3.63, 3.8) is 0 Å². The van der Waals surface area contributed by atoms with Crippen LogP contribution >= 0.6 is 0 Å². The number of hydrogen-bond acceptors (Lipinski definition) is 3. The van der Waals surface area contributed by atoms with Crippen LogP contribution in [0.3, 0.4) is 0 Å². The summed E-state index contributed by atoms with van der Waals surface area (Å²) in [7, 11) is 1.65. The summed E-state index contributed by atoms with van der Waals surface area (Å²) in [6.45, 7) is 6.33. The molecular weight excluding hydrogens is 266 g/mol. The lowest BCUT2D eigenvalue weighted by atomic mass is 9.93. The molecule has 0 aromatic heterocycles. The predicted octanol–water partition coefficient (Wildman–Crippen LogP) is 2.62. The van der Waals surface area contributed by atoms with Crippen molar-refractivity contribution in [2.75, 3.05) is 20.3 Å². The summed E-state index contributed by atoms with van der Waals surface area (Å²) in [5.74, 6) is 0.873. The Bertz CT molecular complexity index is 473. The standard InChI is InChI=1S/C17H25NO3/c1-12(2)16-15(7-8-21-16)10-18-17(19)14-6-4-5-13(9-14)11-20-3/h4-6,9,12,15-16H,7-8,10-11H2,1-3H3,(H,18,19)/t15-,16+/m1/s1. The van der Waals surface area contributed by atoms with Crippen LogP contribution in [0.2, 0.25) is 0 Å². The summed E-state index contributed by atoms with van der Waals surface area (Å²) < 4.78 is 10.8. The van der Waals surface area contributed by atoms with E-state index >= 15 is 0 Å². The number of carbonyl (C=O) groups excluding carboxylic acids is 1. The van der Waals surface area contributed by atoms with E-state index in [2.05, 4.69) is 19.2 Å². The number of amides is 1. The quantitative estimate of drug-likeness (QED) is 0.876. The molecule has 1 aromatic rings. The lowest BCUT2D eigenvalue weighted by Gasteiger charge is -2.22. The molecule has 1 amide bonds. The molecule has 1 N–H and O–H groups in total. The minimum atomic E-state index is -0.0256. The van der Waals surface area contributed by atoms with Crippen molar-refractivity contribution in [1.29, 1.82) is 0 Å². The van der Waals surface area contributed by atoms with Gasteiger partial charge in [-0.15, -0.1) is 0 Å². The molecule has 0 spiro atoms. The molecule has 0 unspecified atom stereocenters. The van der Waals surface area contributed by atoms with Gasteiger partial charge in [0.15, 0.2) is 0 Å². The van der Waals surface area contributed by atoms with Crippen LogP contribution in [0.25, 0.3) is 0 Å². The van der Waals surface area contributed by atoms with E-state index in [1.807, 2.05) is 24.3 Å². The van der Waals surface area contributed by atoms with Crippen LogP contribution in [0.15, 0.2) is 24.3 Å². The summed E-state index contributed by atoms with van der Waals surface area (Å²) >= 11 is 0. The normalized spacial score (nSPS) is 21.7. The molecule has 1 heterocycles. The Kier molecular flexibility index (Phi) is 5.76. The molecule has 1 aliphatic rings. The first-order chi connectivity index (χ1) is 10.1. The van der Waals surface area contributed by atoms with Gasteiger partial charge < -0.3 is 14.8 Å². The van der Waals surface area contributed by atoms with Crippen LogP contribution < -0.4 is 5.32 Å². The van der Waals surface area contributed by atoms with Gasteiger partial charge in [-0.1, -0.05) is 26.0 Å². The maximum Gasteiger partial charge on any atom is 0.251 e. The molecule has 4 nitrogen and oxygen atoms in total. The van der Waals surface area contributed by atoms with Gasteiger partial charge in [0.1, 0.15) is 0 Å². The highest BCUT2D eigenvalue weighted by Crippen LogP contribution is 2.26. The fraction of sp³-hybridized carbons (Fsp3) is 0.588. The largest absolute Gasteiger partial charge is 0.380 e. The molecule has 4 heteroatoms. The van der Waals surface area contributed by atoms with Crippen molar-refractivity contribution in [3.8, 4) is 0 Å². The molecule has 2 rings (SSSR count). The summed E-state index contributed by atoms with van der Waals surface area (Å²) in [4.78, 5) is 12.2. The van der Waals surface area contributed by atoms with Gasteiger partial charge in [0.25, 0.3) is 5.91 Å². The van der Waals surface area contributed by atoms with Gasteiger partial charge in [-0.05, 0) is 30.0 Å². The average Bonchev–Trinajstić information content (AvgIpc) is 2.94. The van der Waals surface area contributed by atoms with E-state index in [1.54, 1.807) is 7.11 Å². The van der Waals surface area contributed by atoms with Crippen molar-refractivity contribution in [2.45, 2.75) is 33.0 Å². The Morgan fingerprint density at radius 1 is 1.48 bits per heavy atom. The molecule has 116 valence electrons. The highest BCUT2D eigenvalue weighted by atomic mass is 16.5. The first-order valence-electron chi connectivity index (χ1n) is 7.59. The number of ether oxygens (including phenoxy) is 2. The molecule has 1 saturated heterocycles. The fourth-order valence-electron chi connectivity index (χ4n) is 2.91. The lowest BCUT2D eigenvalue weighted by Crippen LogP contribution is -2.34. The van der Waals surface area contributed by atoms with Crippen molar-refractivity contribution in [3.05, 3.63) is 35.4 Å². The third-order valence-electron chi connectivity index (χ3n) is 3.95. The van der Waals surface area contributed by atoms with Gasteiger partial charge in [-0.25, -0.2) is 0 Å². The van der Waals surface area contributed by atoms with Crippen LogP contribution in [-0.4, -0.2) is 32.3 Å². The number of carbonyl (C=O) groups is 1. The SMILES string of the molecule is COCc1cccc(C(=O)NC[C@H]2CCO[C@H]2C(C)C)c1. The molecule has 0 bridgehead atoms. The third kappa shape index (κ3) is 4.29. The van der Waals surface area contributed by atoms with E-state index < -0.39 is 0 Å². The van der Waals surface area contributed by atoms with E-state index in [9.17, 15) is 4.79 Å². The number of methoxy groups -OCH3 is 1. The zero-order valence-corrected chi connectivity index (χ0v) is 13.1. The fourth-order valence-corrected chi connectivity index (χ4v) is 2.91. The van der Waals surface area contributed by atoms with Crippen LogP contribution in [0.4, 0.5) is 0 Å². The molecule has 1 aromatic carbocycles. The maximum atomic E-state index is 12.2. The van der Waals surface area contributed by atoms with E-state index in [0.29, 0.717) is 30.6 Å². The van der Waals surface area contributed by atoms with Gasteiger partial charge in [0, 0.05) is 31.7 Å². The summed E-state index contributed by atoms with van der Waals surface area (Å²) in [6, 6.07) is 7.56. The van der Waals surface area contributed by atoms with Crippen molar-refractivity contribution < 1.29 is 14.3 Å². The third-order valence-corrected chi connectivity index (χ3v) is 3.95. The Hall–Kier alpha value is -1.39. The van der Waals surface area contributed by atoms with Crippen molar-refractivity contribution in [2.24, 2.45) is 11.8 Å². The Balaban J connectivity index is 1.91. The van der Waals surface area contributed by atoms with Crippen LogP contribution in [-0.2, 0) is 16.1 Å². The molecule has 0 aliphatic carbocycles. The predicted molar refractivity (Wildman–Crippen MR) is 82.2 cm³/mol. The Morgan fingerprint density at radius 3 is 3.00 bits per heavy atom. The number of rotatable bonds is 6. The summed E-state index contributed by atoms with van der Waals surface area (Å²) in [5.41, 5.74) is 1.69. The van der Waals surface area contributed by atoms with Crippen LogP contribution in [0.1, 0.15) is 36.2 Å². The second kappa shape index (κ2) is 7.57. The van der Waals surface area contributed by atoms with E-state index in [0.717, 1.165) is 18.6 Å². The van der Waals surface area contributed by atoms with Crippen LogP contribution in [0, 0.1) is 11.8 Å². The molecular formula is C17H25NO3. The number of benzene rings is 1. The molecule has 0 saturated carbocycles. The smallest absolute Gasteiger partial charge is 0.251 e. The molecule has 21 heavy (non-hydrogen) atoms. The minimum Gasteiger partial charge on any atom is -0.380 e. The molecule has 2 atom stereocenters.